The summed E-state index contributed by atoms with van der Waals surface area (Å²) in [6.07, 6.45) is -4.05. The van der Waals surface area contributed by atoms with Gasteiger partial charge in [-0.1, -0.05) is 0 Å². The van der Waals surface area contributed by atoms with Gasteiger partial charge in [-0.2, -0.15) is 0 Å². The van der Waals surface area contributed by atoms with Crippen LogP contribution in [0.15, 0.2) is 24.3 Å². The van der Waals surface area contributed by atoms with Crippen molar-refractivity contribution < 1.29 is 47.7 Å². The van der Waals surface area contributed by atoms with Crippen LogP contribution in [-0.4, -0.2) is 67.4 Å². The summed E-state index contributed by atoms with van der Waals surface area (Å²) in [7, 11) is 0. The maximum absolute atomic E-state index is 11.9. The molecule has 1 aromatic rings. The van der Waals surface area contributed by atoms with Gasteiger partial charge in [-0.05, 0) is 24.3 Å². The molecule has 0 saturated carbocycles. The van der Waals surface area contributed by atoms with Gasteiger partial charge in [-0.3, -0.25) is 24.0 Å². The molecular formula is C21H25NO10. The van der Waals surface area contributed by atoms with Crippen LogP contribution >= 0.6 is 0 Å². The maximum atomic E-state index is 11.9. The Hall–Kier alpha value is -3.47. The minimum absolute atomic E-state index is 0.287. The van der Waals surface area contributed by atoms with Crippen molar-refractivity contribution in [1.82, 2.24) is 5.32 Å². The molecule has 0 unspecified atom stereocenters. The Morgan fingerprint density at radius 2 is 1.53 bits per heavy atom. The zero-order chi connectivity index (χ0) is 23.8. The van der Waals surface area contributed by atoms with Crippen LogP contribution in [0.3, 0.4) is 0 Å². The predicted octanol–water partition coefficient (Wildman–Crippen LogP) is 0.534. The highest BCUT2D eigenvalue weighted by Crippen LogP contribution is 2.29. The molecule has 0 spiro atoms. The zero-order valence-electron chi connectivity index (χ0n) is 18.1. The van der Waals surface area contributed by atoms with Crippen LogP contribution in [0.4, 0.5) is 0 Å². The first-order valence-corrected chi connectivity index (χ1v) is 9.73. The van der Waals surface area contributed by atoms with Crippen LogP contribution in [0.5, 0.6) is 5.75 Å². The van der Waals surface area contributed by atoms with E-state index in [4.69, 9.17) is 23.7 Å². The minimum Gasteiger partial charge on any atom is -0.463 e. The maximum Gasteiger partial charge on any atom is 0.303 e. The van der Waals surface area contributed by atoms with Gasteiger partial charge in [0.15, 0.2) is 12.2 Å². The number of aldehydes is 1. The number of amides is 1. The van der Waals surface area contributed by atoms with Crippen molar-refractivity contribution in [2.45, 2.75) is 58.3 Å². The van der Waals surface area contributed by atoms with Crippen LogP contribution in [0.25, 0.3) is 0 Å². The molecule has 0 radical (unpaired) electrons. The SMILES string of the molecule is CC(=O)N[C@H]1[C@@H](Oc2ccc(C=O)cc2)O[C@@H](COC(C)=O)[C@@H](OC(C)=O)[C@@H]1OC(C)=O. The molecule has 0 aromatic heterocycles. The summed E-state index contributed by atoms with van der Waals surface area (Å²) in [5, 5.41) is 2.60. The van der Waals surface area contributed by atoms with E-state index in [0.29, 0.717) is 11.8 Å². The Balaban J connectivity index is 2.43. The first-order valence-electron chi connectivity index (χ1n) is 9.73. The van der Waals surface area contributed by atoms with Crippen LogP contribution in [0.2, 0.25) is 0 Å². The number of ether oxygens (including phenoxy) is 5. The molecule has 1 amide bonds. The predicted molar refractivity (Wildman–Crippen MR) is 106 cm³/mol. The molecule has 32 heavy (non-hydrogen) atoms. The second kappa shape index (κ2) is 11.2. The molecule has 2 rings (SSSR count). The molecule has 1 saturated heterocycles. The lowest BCUT2D eigenvalue weighted by atomic mass is 9.96. The third kappa shape index (κ3) is 7.05. The van der Waals surface area contributed by atoms with Crippen molar-refractivity contribution in [2.24, 2.45) is 0 Å². The molecule has 11 nitrogen and oxygen atoms in total. The summed E-state index contributed by atoms with van der Waals surface area (Å²) in [6, 6.07) is 4.97. The Labute approximate surface area is 184 Å². The standard InChI is InChI=1S/C21H25NO10/c1-11(24)22-18-20(30-14(4)27)19(29-13(3)26)17(10-28-12(2)25)32-21(18)31-16-7-5-15(9-23)6-8-16/h5-9,17-21H,10H2,1-4H3,(H,22,24)/t17-,18+,19+,20+,21-/m0/s1. The van der Waals surface area contributed by atoms with E-state index in [1.165, 1.54) is 38.1 Å². The number of rotatable bonds is 8. The third-order valence-electron chi connectivity index (χ3n) is 4.34. The fourth-order valence-corrected chi connectivity index (χ4v) is 3.15. The van der Waals surface area contributed by atoms with Gasteiger partial charge in [0.2, 0.25) is 12.2 Å². The monoisotopic (exact) mass is 451 g/mol. The lowest BCUT2D eigenvalue weighted by molar-refractivity contribution is -0.257. The third-order valence-corrected chi connectivity index (χ3v) is 4.34. The second-order valence-electron chi connectivity index (χ2n) is 7.02. The van der Waals surface area contributed by atoms with Gasteiger partial charge in [-0.25, -0.2) is 0 Å². The van der Waals surface area contributed by atoms with Crippen molar-refractivity contribution >= 4 is 30.1 Å². The highest BCUT2D eigenvalue weighted by atomic mass is 16.7. The van der Waals surface area contributed by atoms with Crippen LogP contribution in [-0.2, 0) is 38.1 Å². The summed E-state index contributed by atoms with van der Waals surface area (Å²) in [5.41, 5.74) is 0.417. The molecular weight excluding hydrogens is 426 g/mol. The van der Waals surface area contributed by atoms with Crippen LogP contribution in [0, 0.1) is 0 Å². The molecule has 11 heteroatoms. The Bertz CT molecular complexity index is 853. The van der Waals surface area contributed by atoms with Crippen molar-refractivity contribution in [1.29, 1.82) is 0 Å². The summed E-state index contributed by atoms with van der Waals surface area (Å²) >= 11 is 0. The van der Waals surface area contributed by atoms with Gasteiger partial charge in [0.1, 0.15) is 30.8 Å². The van der Waals surface area contributed by atoms with Gasteiger partial charge >= 0.3 is 17.9 Å². The van der Waals surface area contributed by atoms with Gasteiger partial charge in [0.05, 0.1) is 0 Å². The largest absolute Gasteiger partial charge is 0.463 e. The van der Waals surface area contributed by atoms with Crippen molar-refractivity contribution in [3.05, 3.63) is 29.8 Å². The molecule has 1 fully saturated rings. The van der Waals surface area contributed by atoms with E-state index in [-0.39, 0.29) is 12.4 Å². The van der Waals surface area contributed by atoms with E-state index in [9.17, 15) is 24.0 Å². The fraction of sp³-hybridized carbons (Fsp3) is 0.476. The lowest BCUT2D eigenvalue weighted by Gasteiger charge is -2.44. The smallest absolute Gasteiger partial charge is 0.303 e. The molecule has 0 bridgehead atoms. The Morgan fingerprint density at radius 1 is 0.938 bits per heavy atom. The van der Waals surface area contributed by atoms with Crippen molar-refractivity contribution in [3.63, 3.8) is 0 Å². The van der Waals surface area contributed by atoms with Gasteiger partial charge in [0.25, 0.3) is 0 Å². The number of benzene rings is 1. The molecule has 1 aromatic carbocycles. The van der Waals surface area contributed by atoms with Crippen LogP contribution < -0.4 is 10.1 Å². The first-order chi connectivity index (χ1) is 15.1. The fourth-order valence-electron chi connectivity index (χ4n) is 3.15. The summed E-state index contributed by atoms with van der Waals surface area (Å²) < 4.78 is 27.4. The molecule has 1 aliphatic rings. The zero-order valence-corrected chi connectivity index (χ0v) is 18.1. The van der Waals surface area contributed by atoms with E-state index in [1.807, 2.05) is 0 Å². The van der Waals surface area contributed by atoms with Crippen molar-refractivity contribution in [3.8, 4) is 5.75 Å². The normalized spacial score (nSPS) is 24.6. The highest BCUT2D eigenvalue weighted by molar-refractivity contribution is 5.75. The lowest BCUT2D eigenvalue weighted by Crippen LogP contribution is -2.67. The average Bonchev–Trinajstić information content (AvgIpc) is 2.70. The van der Waals surface area contributed by atoms with Gasteiger partial charge < -0.3 is 29.0 Å². The number of nitrogens with one attached hydrogen (secondary N) is 1. The summed E-state index contributed by atoms with van der Waals surface area (Å²) in [4.78, 5) is 57.6. The molecule has 1 aliphatic heterocycles. The minimum atomic E-state index is -1.22. The van der Waals surface area contributed by atoms with Gasteiger partial charge in [0, 0.05) is 33.3 Å². The van der Waals surface area contributed by atoms with Crippen molar-refractivity contribution in [2.75, 3.05) is 6.61 Å². The van der Waals surface area contributed by atoms with Gasteiger partial charge in [-0.15, -0.1) is 0 Å². The number of carbonyl (C=O) groups excluding carboxylic acids is 5. The molecule has 0 aliphatic carbocycles. The van der Waals surface area contributed by atoms with E-state index < -0.39 is 54.5 Å². The first kappa shape index (κ1) is 24.8. The van der Waals surface area contributed by atoms with E-state index >= 15 is 0 Å². The summed E-state index contributed by atoms with van der Waals surface area (Å²) in [6.45, 7) is 4.41. The summed E-state index contributed by atoms with van der Waals surface area (Å²) in [5.74, 6) is -2.21. The van der Waals surface area contributed by atoms with E-state index in [0.717, 1.165) is 13.8 Å². The quantitative estimate of drug-likeness (QED) is 0.338. The van der Waals surface area contributed by atoms with E-state index in [1.54, 1.807) is 0 Å². The molecule has 1 heterocycles. The molecule has 1 N–H and O–H groups in total. The van der Waals surface area contributed by atoms with Crippen LogP contribution in [0.1, 0.15) is 38.1 Å². The number of hydrogen-bond acceptors (Lipinski definition) is 10. The molecule has 174 valence electrons. The van der Waals surface area contributed by atoms with E-state index in [2.05, 4.69) is 5.32 Å². The number of esters is 3. The average molecular weight is 451 g/mol. The Morgan fingerprint density at radius 3 is 2.03 bits per heavy atom. The Kier molecular flexibility index (Phi) is 8.71. The number of carbonyl (C=O) groups is 5. The topological polar surface area (TPSA) is 144 Å². The second-order valence-corrected chi connectivity index (χ2v) is 7.02. The highest BCUT2D eigenvalue weighted by Gasteiger charge is 2.51. The number of hydrogen-bond donors (Lipinski definition) is 1. The molecule has 5 atom stereocenters.